The summed E-state index contributed by atoms with van der Waals surface area (Å²) in [6.07, 6.45) is 0.746. The second-order valence-corrected chi connectivity index (χ2v) is 14.4. The average Bonchev–Trinajstić information content (AvgIpc) is 3.41. The molecule has 1 aliphatic rings. The van der Waals surface area contributed by atoms with Crippen LogP contribution in [0, 0.1) is 17.3 Å². The highest BCUT2D eigenvalue weighted by molar-refractivity contribution is 6.38. The van der Waals surface area contributed by atoms with Crippen molar-refractivity contribution in [3.8, 4) is 0 Å². The molecular formula is C36H56N6O8. The van der Waals surface area contributed by atoms with E-state index in [1.54, 1.807) is 51.4 Å². The maximum atomic E-state index is 14.0. The SMILES string of the molecule is CCC[C@H](NC(=O)[C@@H]1CC(C)(C)CN1C(=O)[C@@H](NC(=O)OCC(C)C)[C@@H](C)CC)C(=O)C(=O)NCC(=O)NC(C(=O)N(C)C)c1ccccc1. The lowest BCUT2D eigenvalue weighted by Gasteiger charge is -2.32. The van der Waals surface area contributed by atoms with Crippen molar-refractivity contribution in [1.29, 1.82) is 0 Å². The van der Waals surface area contributed by atoms with E-state index in [0.717, 1.165) is 0 Å². The number of carbonyl (C=O) groups is 7. The molecule has 278 valence electrons. The first-order valence-electron chi connectivity index (χ1n) is 17.3. The Hall–Kier alpha value is -4.49. The largest absolute Gasteiger partial charge is 0.449 e. The van der Waals surface area contributed by atoms with Crippen molar-refractivity contribution in [3.05, 3.63) is 35.9 Å². The Bertz CT molecular complexity index is 1370. The fourth-order valence-electron chi connectivity index (χ4n) is 5.64. The molecule has 6 amide bonds. The molecule has 50 heavy (non-hydrogen) atoms. The minimum Gasteiger partial charge on any atom is -0.449 e. The first-order chi connectivity index (χ1) is 23.4. The van der Waals surface area contributed by atoms with Gasteiger partial charge in [0, 0.05) is 20.6 Å². The Morgan fingerprint density at radius 2 is 1.60 bits per heavy atom. The Kier molecular flexibility index (Phi) is 15.9. The molecule has 1 fully saturated rings. The number of hydrogen-bond donors (Lipinski definition) is 4. The number of likely N-dealkylation sites (N-methyl/N-ethyl adjacent to an activating group) is 1. The van der Waals surface area contributed by atoms with Crippen LogP contribution < -0.4 is 21.3 Å². The number of amides is 6. The molecule has 1 aliphatic heterocycles. The number of carbonyl (C=O) groups excluding carboxylic acids is 7. The van der Waals surface area contributed by atoms with Crippen LogP contribution in [0.3, 0.4) is 0 Å². The van der Waals surface area contributed by atoms with Crippen LogP contribution in [0.4, 0.5) is 4.79 Å². The molecule has 4 N–H and O–H groups in total. The van der Waals surface area contributed by atoms with E-state index in [2.05, 4.69) is 21.3 Å². The van der Waals surface area contributed by atoms with Gasteiger partial charge in [0.05, 0.1) is 19.2 Å². The zero-order valence-corrected chi connectivity index (χ0v) is 31.0. The summed E-state index contributed by atoms with van der Waals surface area (Å²) < 4.78 is 5.26. The van der Waals surface area contributed by atoms with Gasteiger partial charge in [0.25, 0.3) is 5.91 Å². The van der Waals surface area contributed by atoms with Gasteiger partial charge in [-0.3, -0.25) is 28.8 Å². The molecule has 1 unspecified atom stereocenters. The molecule has 0 aromatic heterocycles. The van der Waals surface area contributed by atoms with Crippen LogP contribution in [0.15, 0.2) is 30.3 Å². The molecule has 0 radical (unpaired) electrons. The molecule has 2 rings (SSSR count). The molecule has 1 aromatic rings. The minimum absolute atomic E-state index is 0.106. The Balaban J connectivity index is 2.15. The average molecular weight is 701 g/mol. The van der Waals surface area contributed by atoms with Gasteiger partial charge in [-0.15, -0.1) is 0 Å². The first kappa shape index (κ1) is 41.7. The van der Waals surface area contributed by atoms with Crippen LogP contribution in [0.25, 0.3) is 0 Å². The molecule has 14 nitrogen and oxygen atoms in total. The standard InChI is InChI=1S/C36H56N6O8/c1-10-15-25(30(44)32(46)37-19-27(43)39-29(33(47)41(8)9)24-16-13-12-14-17-24)38-31(45)26-18-36(6,7)21-42(26)34(48)28(23(5)11-2)40-35(49)50-20-22(3)4/h12-14,16-17,22-23,25-26,28-29H,10-11,15,18-21H2,1-9H3,(H,37,46)(H,38,45)(H,39,43)(H,40,49)/t23-,25-,26-,28-,29?/m0/s1. The molecule has 0 bridgehead atoms. The van der Waals surface area contributed by atoms with Gasteiger partial charge in [-0.05, 0) is 35.7 Å². The fourth-order valence-corrected chi connectivity index (χ4v) is 5.64. The zero-order chi connectivity index (χ0) is 37.8. The molecule has 0 spiro atoms. The molecule has 14 heteroatoms. The number of nitrogens with zero attached hydrogens (tertiary/aromatic N) is 2. The predicted octanol–water partition coefficient (Wildman–Crippen LogP) is 2.33. The van der Waals surface area contributed by atoms with Gasteiger partial charge in [-0.1, -0.05) is 91.6 Å². The van der Waals surface area contributed by atoms with E-state index in [1.165, 1.54) is 9.80 Å². The predicted molar refractivity (Wildman–Crippen MR) is 187 cm³/mol. The molecule has 5 atom stereocenters. The van der Waals surface area contributed by atoms with Crippen molar-refractivity contribution < 1.29 is 38.3 Å². The molecule has 1 heterocycles. The number of Topliss-reactive ketones (excluding diaryl/α,β-unsaturated/α-hetero) is 1. The van der Waals surface area contributed by atoms with Crippen molar-refractivity contribution >= 4 is 41.4 Å². The summed E-state index contributed by atoms with van der Waals surface area (Å²) in [5.41, 5.74) is 0.101. The smallest absolute Gasteiger partial charge is 0.407 e. The van der Waals surface area contributed by atoms with Crippen molar-refractivity contribution in [2.24, 2.45) is 17.3 Å². The zero-order valence-electron chi connectivity index (χ0n) is 31.0. The van der Waals surface area contributed by atoms with Crippen LogP contribution in [0.1, 0.15) is 85.8 Å². The monoisotopic (exact) mass is 700 g/mol. The lowest BCUT2D eigenvalue weighted by atomic mass is 9.90. The Labute approximate surface area is 295 Å². The van der Waals surface area contributed by atoms with Gasteiger partial charge >= 0.3 is 6.09 Å². The van der Waals surface area contributed by atoms with E-state index in [0.29, 0.717) is 24.8 Å². The van der Waals surface area contributed by atoms with E-state index >= 15 is 0 Å². The number of hydrogen-bond acceptors (Lipinski definition) is 8. The summed E-state index contributed by atoms with van der Waals surface area (Å²) in [6, 6.07) is 4.51. The highest BCUT2D eigenvalue weighted by Crippen LogP contribution is 2.35. The molecule has 1 saturated heterocycles. The van der Waals surface area contributed by atoms with E-state index < -0.39 is 71.6 Å². The lowest BCUT2D eigenvalue weighted by molar-refractivity contribution is -0.143. The third-order valence-corrected chi connectivity index (χ3v) is 8.58. The van der Waals surface area contributed by atoms with E-state index in [4.69, 9.17) is 4.74 Å². The van der Waals surface area contributed by atoms with E-state index in [-0.39, 0.29) is 37.3 Å². The number of benzene rings is 1. The second-order valence-electron chi connectivity index (χ2n) is 14.4. The first-order valence-corrected chi connectivity index (χ1v) is 17.3. The number of ether oxygens (including phenoxy) is 1. The molecule has 1 aromatic carbocycles. The van der Waals surface area contributed by atoms with Crippen molar-refractivity contribution in [1.82, 2.24) is 31.1 Å². The minimum atomic E-state index is -1.21. The number of ketones is 1. The van der Waals surface area contributed by atoms with E-state index in [9.17, 15) is 33.6 Å². The van der Waals surface area contributed by atoms with Crippen LogP contribution in [0.2, 0.25) is 0 Å². The summed E-state index contributed by atoms with van der Waals surface area (Å²) in [7, 11) is 3.11. The van der Waals surface area contributed by atoms with Crippen molar-refractivity contribution in [2.45, 2.75) is 98.3 Å². The number of nitrogens with one attached hydrogen (secondary N) is 4. The maximum Gasteiger partial charge on any atom is 0.407 e. The maximum absolute atomic E-state index is 14.0. The van der Waals surface area contributed by atoms with Gasteiger partial charge < -0.3 is 35.8 Å². The number of likely N-dealkylation sites (tertiary alicyclic amines) is 1. The highest BCUT2D eigenvalue weighted by atomic mass is 16.5. The van der Waals surface area contributed by atoms with E-state index in [1.807, 2.05) is 41.5 Å². The third-order valence-electron chi connectivity index (χ3n) is 8.58. The van der Waals surface area contributed by atoms with Crippen LogP contribution >= 0.6 is 0 Å². The van der Waals surface area contributed by atoms with Gasteiger partial charge in [-0.25, -0.2) is 4.79 Å². The normalized spacial score (nSPS) is 17.5. The number of rotatable bonds is 17. The van der Waals surface area contributed by atoms with Gasteiger partial charge in [0.15, 0.2) is 0 Å². The van der Waals surface area contributed by atoms with Gasteiger partial charge in [-0.2, -0.15) is 0 Å². The topological polar surface area (TPSA) is 183 Å². The fraction of sp³-hybridized carbons (Fsp3) is 0.639. The molecular weight excluding hydrogens is 644 g/mol. The van der Waals surface area contributed by atoms with Gasteiger partial charge in [0.2, 0.25) is 29.4 Å². The summed E-state index contributed by atoms with van der Waals surface area (Å²) >= 11 is 0. The highest BCUT2D eigenvalue weighted by Gasteiger charge is 2.47. The summed E-state index contributed by atoms with van der Waals surface area (Å²) in [4.78, 5) is 94.9. The third kappa shape index (κ3) is 12.1. The second kappa shape index (κ2) is 19.0. The van der Waals surface area contributed by atoms with Crippen molar-refractivity contribution in [2.75, 3.05) is 33.8 Å². The Morgan fingerprint density at radius 3 is 2.16 bits per heavy atom. The summed E-state index contributed by atoms with van der Waals surface area (Å²) in [6.45, 7) is 13.0. The quantitative estimate of drug-likeness (QED) is 0.179. The van der Waals surface area contributed by atoms with Crippen LogP contribution in [-0.2, 0) is 33.5 Å². The Morgan fingerprint density at radius 1 is 0.960 bits per heavy atom. The lowest BCUT2D eigenvalue weighted by Crippen LogP contribution is -2.57. The van der Waals surface area contributed by atoms with Gasteiger partial charge in [0.1, 0.15) is 18.1 Å². The number of alkyl carbamates (subject to hydrolysis) is 1. The molecule has 0 aliphatic carbocycles. The van der Waals surface area contributed by atoms with Crippen LogP contribution in [-0.4, -0.2) is 103 Å². The summed E-state index contributed by atoms with van der Waals surface area (Å²) in [5.74, 6) is -4.28. The molecule has 0 saturated carbocycles. The van der Waals surface area contributed by atoms with Crippen LogP contribution in [0.5, 0.6) is 0 Å². The van der Waals surface area contributed by atoms with Crippen molar-refractivity contribution in [3.63, 3.8) is 0 Å². The summed E-state index contributed by atoms with van der Waals surface area (Å²) in [5, 5.41) is 10.3.